The Morgan fingerprint density at radius 1 is 0.723 bits per heavy atom. The maximum Gasteiger partial charge on any atom is 0.405 e. The zero-order valence-corrected chi connectivity index (χ0v) is 56.3. The van der Waals surface area contributed by atoms with Crippen molar-refractivity contribution in [2.24, 2.45) is 35.1 Å². The Bertz CT molecular complexity index is 3370. The van der Waals surface area contributed by atoms with E-state index in [1.165, 1.54) is 58.8 Å². The number of nitrogens with one attached hydrogen (secondary N) is 3. The number of anilines is 1. The Balaban J connectivity index is 0.000000425. The number of aliphatic hydroxyl groups is 2. The number of hydrogen-bond donors (Lipinski definition) is 11. The molecule has 0 aromatic heterocycles. The molecule has 0 saturated carbocycles. The van der Waals surface area contributed by atoms with E-state index >= 15 is 0 Å². The van der Waals surface area contributed by atoms with Gasteiger partial charge >= 0.3 is 12.2 Å². The van der Waals surface area contributed by atoms with Crippen LogP contribution in [0.1, 0.15) is 80.2 Å². The first-order valence-corrected chi connectivity index (χ1v) is 31.7. The molecule has 0 radical (unpaired) electrons. The van der Waals surface area contributed by atoms with E-state index in [0.29, 0.717) is 53.8 Å². The number of ether oxygens (including phenoxy) is 6. The van der Waals surface area contributed by atoms with Gasteiger partial charge in [-0.3, -0.25) is 23.7 Å². The Kier molecular flexibility index (Phi) is 33.0. The third-order valence-corrected chi connectivity index (χ3v) is 16.5. The number of methoxy groups -OCH3 is 4. The molecule has 12 atom stereocenters. The van der Waals surface area contributed by atoms with Crippen LogP contribution in [-0.2, 0) is 64.1 Å². The second-order valence-corrected chi connectivity index (χ2v) is 24.5. The van der Waals surface area contributed by atoms with Crippen molar-refractivity contribution in [1.29, 1.82) is 0 Å². The highest BCUT2D eigenvalue weighted by Crippen LogP contribution is 2.41. The number of nitrogens with two attached hydrogens (primary N) is 3. The summed E-state index contributed by atoms with van der Waals surface area (Å²) in [5, 5.41) is 54.6. The average Bonchev–Trinajstić information content (AvgIpc) is 0.875. The van der Waals surface area contributed by atoms with E-state index in [0.717, 1.165) is 6.08 Å². The number of fused-ring (bicyclic) bond motifs is 4. The van der Waals surface area contributed by atoms with Gasteiger partial charge in [0.25, 0.3) is 21.9 Å². The predicted octanol–water partition coefficient (Wildman–Crippen LogP) is 6.41. The minimum absolute atomic E-state index is 0.0616. The zero-order chi connectivity index (χ0) is 70.7. The van der Waals surface area contributed by atoms with Gasteiger partial charge < -0.3 is 81.6 Å². The largest absolute Gasteiger partial charge is 0.505 e. The predicted molar refractivity (Wildman–Crippen MR) is 354 cm³/mol. The Morgan fingerprint density at radius 2 is 1.20 bits per heavy atom. The summed E-state index contributed by atoms with van der Waals surface area (Å²) >= 11 is 0. The van der Waals surface area contributed by atoms with Crippen molar-refractivity contribution in [3.05, 3.63) is 161 Å². The van der Waals surface area contributed by atoms with E-state index in [1.54, 1.807) is 107 Å². The van der Waals surface area contributed by atoms with E-state index in [9.17, 15) is 57.6 Å². The van der Waals surface area contributed by atoms with Crippen molar-refractivity contribution in [2.75, 3.05) is 46.8 Å². The molecule has 2 aromatic rings. The molecule has 2 aromatic carbocycles. The van der Waals surface area contributed by atoms with E-state index < -0.39 is 106 Å². The highest BCUT2D eigenvalue weighted by atomic mass is 32.2. The third kappa shape index (κ3) is 24.2. The van der Waals surface area contributed by atoms with Gasteiger partial charge in [-0.1, -0.05) is 107 Å². The van der Waals surface area contributed by atoms with Crippen LogP contribution in [0.3, 0.4) is 0 Å². The summed E-state index contributed by atoms with van der Waals surface area (Å²) in [6.45, 7) is 22.2. The molecule has 0 saturated heterocycles. The molecular formula is C68H95N6O19S+. The first-order chi connectivity index (χ1) is 44.3. The summed E-state index contributed by atoms with van der Waals surface area (Å²) in [4.78, 5) is 75.9. The smallest absolute Gasteiger partial charge is 0.405 e. The molecule has 4 bridgehead atoms. The molecule has 4 amide bonds. The molecule has 2 heterocycles. The van der Waals surface area contributed by atoms with Gasteiger partial charge in [0, 0.05) is 75.7 Å². The molecule has 14 N–H and O–H groups in total. The van der Waals surface area contributed by atoms with Crippen LogP contribution in [0.25, 0.3) is 0 Å². The van der Waals surface area contributed by atoms with Crippen LogP contribution in [0.2, 0.25) is 0 Å². The molecule has 3 aliphatic rings. The summed E-state index contributed by atoms with van der Waals surface area (Å²) < 4.78 is 62.4. The quantitative estimate of drug-likeness (QED) is 0.0258. The van der Waals surface area contributed by atoms with Gasteiger partial charge in [-0.25, -0.2) is 9.59 Å². The standard InChI is InChI=1S/C31H45N3O8.C31H43N3O8.C6H6O3S/c2*1-8-12-33-26-21-13-17(2)14-25(41-7)27(36)19(4)15-20(5)29(42-31(32)39)24(40-6)11-9-10-18(3)30(38)34-22(28(21)37)16-23(26)35;7-10(8,9)6-4-2-1-3-5-6/h8-11,15-17,19,24-25,27,29,33,35-37H,1,12-14H2,2-7H3,(H2,32,39)(H,34,38);8-11,15-17,19,24-25,27,29,33,36H,1,12-14H2,2-7H3,(H2,32,39)(H,34,38);1-5H,(H,7,8,9)/p+1/b2*11-9-,18-10+,20-15+;/t17-,19+,24+,25+,27-,29+;17-,19+,24+,25+,27?,29+;/m11./s1. The number of phenolic OH excluding ortho intramolecular Hbond substituents is 2. The van der Waals surface area contributed by atoms with Gasteiger partial charge in [-0.05, 0) is 94.6 Å². The normalized spacial score (nSPS) is 28.4. The fourth-order valence-corrected chi connectivity index (χ4v) is 11.1. The van der Waals surface area contributed by atoms with E-state index in [4.69, 9.17) is 44.4 Å². The summed E-state index contributed by atoms with van der Waals surface area (Å²) in [6.07, 6.45) is 10.1. The fraction of sp³-hybridized carbons (Fsp3) is 0.441. The van der Waals surface area contributed by atoms with Gasteiger partial charge in [0.1, 0.15) is 18.0 Å². The molecular weight excluding hydrogens is 1240 g/mol. The van der Waals surface area contributed by atoms with Crippen molar-refractivity contribution < 1.29 is 95.9 Å². The second-order valence-electron chi connectivity index (χ2n) is 23.1. The number of carbonyl (C=O) groups is 6. The Hall–Kier alpha value is -8.31. The highest BCUT2D eigenvalue weighted by molar-refractivity contribution is 7.85. The van der Waals surface area contributed by atoms with Crippen molar-refractivity contribution >= 4 is 57.1 Å². The molecule has 516 valence electrons. The van der Waals surface area contributed by atoms with E-state index in [1.807, 2.05) is 20.8 Å². The van der Waals surface area contributed by atoms with Gasteiger partial charge in [0.05, 0.1) is 58.5 Å². The number of allylic oxidation sites excluding steroid dienone is 6. The molecule has 0 spiro atoms. The lowest BCUT2D eigenvalue weighted by Gasteiger charge is -2.30. The number of Topliss-reactive ketones (excluding diaryl/α,β-unsaturated/α-hetero) is 1. The summed E-state index contributed by atoms with van der Waals surface area (Å²) in [5.41, 5.74) is 13.6. The SMILES string of the molecule is C=CCNC1=C2C[C@@H](C)C[C@H](OC)C(O)[C@@H](C)/C=C(\C)[C@H](OC(N)=O)[C@@H](OC)/C=C\C=C(/C)C(=O)NC(=CC1=O)C2=O.C=CC[NH2+]c1c(O)cc2c(O)c1C[C@@H](C)C[C@H](OC)[C@H](O)[C@@H](C)/C=C(\C)[C@H](OC(N)=O)[C@@H](OC)/C=C\C=C(/C)C(=O)N2.O=S(=O)(O)c1ccccc1. The molecule has 26 heteroatoms. The summed E-state index contributed by atoms with van der Waals surface area (Å²) in [5.74, 6) is -3.43. The molecule has 1 aliphatic carbocycles. The first kappa shape index (κ1) is 79.9. The maximum atomic E-state index is 13.5. The van der Waals surface area contributed by atoms with Crippen molar-refractivity contribution in [2.45, 2.75) is 135 Å². The number of amides is 4. The number of aromatic hydroxyl groups is 2. The average molecular weight is 1330 g/mol. The topological polar surface area (TPSA) is 398 Å². The summed E-state index contributed by atoms with van der Waals surface area (Å²) in [7, 11) is 1.88. The number of quaternary nitrogens is 1. The Labute approximate surface area is 550 Å². The van der Waals surface area contributed by atoms with Crippen LogP contribution in [-0.4, -0.2) is 159 Å². The van der Waals surface area contributed by atoms with Gasteiger partial charge in [-0.2, -0.15) is 8.42 Å². The maximum absolute atomic E-state index is 13.5. The number of benzene rings is 2. The van der Waals surface area contributed by atoms with E-state index in [-0.39, 0.29) is 69.4 Å². The lowest BCUT2D eigenvalue weighted by molar-refractivity contribution is -0.562. The molecule has 1 unspecified atom stereocenters. The summed E-state index contributed by atoms with van der Waals surface area (Å²) in [6, 6.07) is 8.73. The lowest BCUT2D eigenvalue weighted by Crippen LogP contribution is -2.78. The lowest BCUT2D eigenvalue weighted by atomic mass is 9.85. The van der Waals surface area contributed by atoms with Crippen LogP contribution in [0, 0.1) is 23.7 Å². The molecule has 2 aliphatic heterocycles. The third-order valence-electron chi connectivity index (χ3n) is 15.6. The monoisotopic (exact) mass is 1330 g/mol. The van der Waals surface area contributed by atoms with Crippen LogP contribution in [0.15, 0.2) is 161 Å². The van der Waals surface area contributed by atoms with Crippen LogP contribution in [0.4, 0.5) is 21.0 Å². The fourth-order valence-electron chi connectivity index (χ4n) is 10.6. The van der Waals surface area contributed by atoms with Crippen LogP contribution >= 0.6 is 0 Å². The molecule has 94 heavy (non-hydrogen) atoms. The van der Waals surface area contributed by atoms with E-state index in [2.05, 4.69) is 29.1 Å². The van der Waals surface area contributed by atoms with Crippen molar-refractivity contribution in [3.63, 3.8) is 0 Å². The van der Waals surface area contributed by atoms with Crippen molar-refractivity contribution in [1.82, 2.24) is 10.6 Å². The van der Waals surface area contributed by atoms with Gasteiger partial charge in [0.15, 0.2) is 23.6 Å². The molecule has 25 nitrogen and oxygen atoms in total. The van der Waals surface area contributed by atoms with Gasteiger partial charge in [0.2, 0.25) is 11.6 Å². The first-order valence-electron chi connectivity index (χ1n) is 30.3. The number of ketones is 2. The number of carbonyl (C=O) groups excluding carboxylic acids is 6. The van der Waals surface area contributed by atoms with Crippen molar-refractivity contribution in [3.8, 4) is 11.5 Å². The number of rotatable bonds is 13. The zero-order valence-electron chi connectivity index (χ0n) is 55.5. The minimum atomic E-state index is -4.00. The highest BCUT2D eigenvalue weighted by Gasteiger charge is 2.35. The number of hydrogen-bond acceptors (Lipinski definition) is 19. The van der Waals surface area contributed by atoms with Crippen LogP contribution < -0.4 is 32.7 Å². The Morgan fingerprint density at radius 3 is 1.63 bits per heavy atom. The molecule has 0 fully saturated rings. The number of primary amides is 2. The second kappa shape index (κ2) is 38.8. The number of phenols is 2. The van der Waals surface area contributed by atoms with Crippen LogP contribution in [0.5, 0.6) is 11.5 Å². The van der Waals surface area contributed by atoms with Gasteiger partial charge in [-0.15, -0.1) is 6.58 Å². The minimum Gasteiger partial charge on any atom is -0.505 e. The molecule has 5 rings (SSSR count). The number of aliphatic hydroxyl groups excluding tert-OH is 2.